The van der Waals surface area contributed by atoms with Gasteiger partial charge in [0, 0.05) is 11.6 Å². The first-order valence-corrected chi connectivity index (χ1v) is 5.18. The number of nitrogens with zero attached hydrogens (tertiary/aromatic N) is 1. The molecule has 0 saturated carbocycles. The second kappa shape index (κ2) is 3.98. The van der Waals surface area contributed by atoms with Gasteiger partial charge in [0.1, 0.15) is 12.7 Å². The minimum atomic E-state index is 0.233. The molecule has 1 aromatic carbocycles. The number of aromatic nitrogens is 1. The Morgan fingerprint density at radius 2 is 2.12 bits per heavy atom. The summed E-state index contributed by atoms with van der Waals surface area (Å²) in [6.07, 6.45) is 0.233. The summed E-state index contributed by atoms with van der Waals surface area (Å²) < 4.78 is 15.6. The minimum absolute atomic E-state index is 0.233. The second-order valence-corrected chi connectivity index (χ2v) is 3.66. The van der Waals surface area contributed by atoms with Crippen molar-refractivity contribution in [3.05, 3.63) is 36.4 Å². The standard InChI is InChI=1S/C12H11NO3/c1-2-4-9(5-3-1)11-6-12(13-16-11)15-8-10-7-14-10/h1-6,10H,7-8H2. The molecule has 2 heterocycles. The Bertz CT molecular complexity index is 462. The highest BCUT2D eigenvalue weighted by Crippen LogP contribution is 2.23. The monoisotopic (exact) mass is 217 g/mol. The first kappa shape index (κ1) is 9.42. The number of hydrogen-bond acceptors (Lipinski definition) is 4. The molecular formula is C12H11NO3. The molecule has 0 radical (unpaired) electrons. The Morgan fingerprint density at radius 1 is 1.31 bits per heavy atom. The van der Waals surface area contributed by atoms with Crippen LogP contribution < -0.4 is 4.74 Å². The van der Waals surface area contributed by atoms with E-state index >= 15 is 0 Å². The summed E-state index contributed by atoms with van der Waals surface area (Å²) in [5, 5.41) is 3.84. The van der Waals surface area contributed by atoms with Gasteiger partial charge in [-0.3, -0.25) is 0 Å². The SMILES string of the molecule is c1ccc(-c2cc(OCC3CO3)no2)cc1. The van der Waals surface area contributed by atoms with Crippen molar-refractivity contribution < 1.29 is 14.0 Å². The second-order valence-electron chi connectivity index (χ2n) is 3.66. The lowest BCUT2D eigenvalue weighted by molar-refractivity contribution is 0.242. The molecule has 0 aliphatic carbocycles. The number of benzene rings is 1. The number of ether oxygens (including phenoxy) is 2. The van der Waals surface area contributed by atoms with Crippen LogP contribution in [0.4, 0.5) is 0 Å². The topological polar surface area (TPSA) is 47.8 Å². The predicted molar refractivity (Wildman–Crippen MR) is 57.2 cm³/mol. The molecule has 1 unspecified atom stereocenters. The van der Waals surface area contributed by atoms with Gasteiger partial charge in [-0.2, -0.15) is 0 Å². The fourth-order valence-corrected chi connectivity index (χ4v) is 1.41. The first-order chi connectivity index (χ1) is 7.92. The van der Waals surface area contributed by atoms with Crippen molar-refractivity contribution in [2.24, 2.45) is 0 Å². The lowest BCUT2D eigenvalue weighted by Gasteiger charge is -1.95. The summed E-state index contributed by atoms with van der Waals surface area (Å²) in [7, 11) is 0. The van der Waals surface area contributed by atoms with Crippen LogP contribution >= 0.6 is 0 Å². The van der Waals surface area contributed by atoms with Crippen molar-refractivity contribution in [2.45, 2.75) is 6.10 Å². The molecule has 0 N–H and O–H groups in total. The van der Waals surface area contributed by atoms with Crippen molar-refractivity contribution in [3.63, 3.8) is 0 Å². The van der Waals surface area contributed by atoms with Gasteiger partial charge in [0.05, 0.1) is 6.61 Å². The van der Waals surface area contributed by atoms with Crippen LogP contribution in [-0.2, 0) is 4.74 Å². The van der Waals surface area contributed by atoms with E-state index in [0.717, 1.165) is 12.2 Å². The molecule has 1 atom stereocenters. The van der Waals surface area contributed by atoms with Crippen molar-refractivity contribution in [1.29, 1.82) is 0 Å². The van der Waals surface area contributed by atoms with E-state index in [-0.39, 0.29) is 6.10 Å². The molecular weight excluding hydrogens is 206 g/mol. The molecule has 82 valence electrons. The van der Waals surface area contributed by atoms with E-state index in [9.17, 15) is 0 Å². The first-order valence-electron chi connectivity index (χ1n) is 5.18. The Balaban J connectivity index is 1.71. The van der Waals surface area contributed by atoms with Gasteiger partial charge in [-0.25, -0.2) is 0 Å². The van der Waals surface area contributed by atoms with Gasteiger partial charge in [0.2, 0.25) is 0 Å². The maximum Gasteiger partial charge on any atom is 0.254 e. The average Bonchev–Trinajstić information content (AvgIpc) is 3.05. The highest BCUT2D eigenvalue weighted by Gasteiger charge is 2.23. The molecule has 0 amide bonds. The summed E-state index contributed by atoms with van der Waals surface area (Å²) in [4.78, 5) is 0. The Labute approximate surface area is 92.8 Å². The van der Waals surface area contributed by atoms with Crippen LogP contribution in [-0.4, -0.2) is 24.5 Å². The summed E-state index contributed by atoms with van der Waals surface area (Å²) in [6, 6.07) is 11.6. The number of epoxide rings is 1. The summed E-state index contributed by atoms with van der Waals surface area (Å²) >= 11 is 0. The van der Waals surface area contributed by atoms with Gasteiger partial charge in [-0.15, -0.1) is 0 Å². The summed E-state index contributed by atoms with van der Waals surface area (Å²) in [5.41, 5.74) is 0.993. The van der Waals surface area contributed by atoms with Gasteiger partial charge in [-0.05, 0) is 5.16 Å². The highest BCUT2D eigenvalue weighted by molar-refractivity contribution is 5.57. The molecule has 0 bridgehead atoms. The van der Waals surface area contributed by atoms with Gasteiger partial charge in [0.15, 0.2) is 5.76 Å². The van der Waals surface area contributed by atoms with Gasteiger partial charge in [0.25, 0.3) is 5.88 Å². The van der Waals surface area contributed by atoms with Crippen LogP contribution in [0.2, 0.25) is 0 Å². The predicted octanol–water partition coefficient (Wildman–Crippen LogP) is 2.12. The molecule has 1 aliphatic heterocycles. The molecule has 2 aromatic rings. The van der Waals surface area contributed by atoms with E-state index in [1.165, 1.54) is 0 Å². The largest absolute Gasteiger partial charge is 0.473 e. The molecule has 16 heavy (non-hydrogen) atoms. The molecule has 3 rings (SSSR count). The van der Waals surface area contributed by atoms with E-state index in [2.05, 4.69) is 5.16 Å². The van der Waals surface area contributed by atoms with E-state index in [1.54, 1.807) is 6.07 Å². The average molecular weight is 217 g/mol. The van der Waals surface area contributed by atoms with Crippen molar-refractivity contribution in [3.8, 4) is 17.2 Å². The minimum Gasteiger partial charge on any atom is -0.473 e. The molecule has 1 fully saturated rings. The van der Waals surface area contributed by atoms with Crippen LogP contribution in [0, 0.1) is 0 Å². The van der Waals surface area contributed by atoms with Gasteiger partial charge in [-0.1, -0.05) is 30.3 Å². The van der Waals surface area contributed by atoms with Crippen LogP contribution in [0.1, 0.15) is 0 Å². The van der Waals surface area contributed by atoms with E-state index in [1.807, 2.05) is 30.3 Å². The number of rotatable bonds is 4. The van der Waals surface area contributed by atoms with E-state index in [4.69, 9.17) is 14.0 Å². The van der Waals surface area contributed by atoms with Crippen molar-refractivity contribution in [2.75, 3.05) is 13.2 Å². The third-order valence-electron chi connectivity index (χ3n) is 2.37. The Morgan fingerprint density at radius 3 is 2.88 bits per heavy atom. The normalized spacial score (nSPS) is 18.4. The fraction of sp³-hybridized carbons (Fsp3) is 0.250. The Hall–Kier alpha value is -1.81. The summed E-state index contributed by atoms with van der Waals surface area (Å²) in [5.74, 6) is 1.22. The van der Waals surface area contributed by atoms with Crippen molar-refractivity contribution in [1.82, 2.24) is 5.16 Å². The van der Waals surface area contributed by atoms with Gasteiger partial charge < -0.3 is 14.0 Å². The third kappa shape index (κ3) is 2.06. The molecule has 4 nitrogen and oxygen atoms in total. The maximum atomic E-state index is 5.40. The van der Waals surface area contributed by atoms with E-state index < -0.39 is 0 Å². The lowest BCUT2D eigenvalue weighted by atomic mass is 10.2. The van der Waals surface area contributed by atoms with Crippen LogP contribution in [0.3, 0.4) is 0 Å². The van der Waals surface area contributed by atoms with Crippen molar-refractivity contribution >= 4 is 0 Å². The zero-order valence-corrected chi connectivity index (χ0v) is 8.63. The summed E-state index contributed by atoms with van der Waals surface area (Å²) in [6.45, 7) is 1.32. The highest BCUT2D eigenvalue weighted by atomic mass is 16.6. The molecule has 0 spiro atoms. The lowest BCUT2D eigenvalue weighted by Crippen LogP contribution is -2.03. The molecule has 1 aliphatic rings. The molecule has 1 saturated heterocycles. The smallest absolute Gasteiger partial charge is 0.254 e. The quantitative estimate of drug-likeness (QED) is 0.736. The van der Waals surface area contributed by atoms with Crippen LogP contribution in [0.25, 0.3) is 11.3 Å². The molecule has 1 aromatic heterocycles. The van der Waals surface area contributed by atoms with Crippen LogP contribution in [0.5, 0.6) is 5.88 Å². The fourth-order valence-electron chi connectivity index (χ4n) is 1.41. The maximum absolute atomic E-state index is 5.40. The van der Waals surface area contributed by atoms with Crippen LogP contribution in [0.15, 0.2) is 40.9 Å². The van der Waals surface area contributed by atoms with Gasteiger partial charge >= 0.3 is 0 Å². The third-order valence-corrected chi connectivity index (χ3v) is 2.37. The van der Waals surface area contributed by atoms with E-state index in [0.29, 0.717) is 18.2 Å². The molecule has 4 heteroatoms. The Kier molecular flexibility index (Phi) is 2.34. The zero-order chi connectivity index (χ0) is 10.8. The zero-order valence-electron chi connectivity index (χ0n) is 8.63. The number of hydrogen-bond donors (Lipinski definition) is 0.